The Labute approximate surface area is 103 Å². The van der Waals surface area contributed by atoms with Gasteiger partial charge < -0.3 is 4.74 Å². The highest BCUT2D eigenvalue weighted by Crippen LogP contribution is 2.41. The molecule has 0 radical (unpaired) electrons. The van der Waals surface area contributed by atoms with Crippen molar-refractivity contribution in [3.05, 3.63) is 29.3 Å². The quantitative estimate of drug-likeness (QED) is 0.527. The van der Waals surface area contributed by atoms with Gasteiger partial charge in [-0.05, 0) is 47.9 Å². The van der Waals surface area contributed by atoms with Gasteiger partial charge in [-0.15, -0.1) is 11.6 Å². The number of halogens is 1. The SMILES string of the molecule is COc1ccc2c(c1)C(Cl)C(C)C(C)CC2. The Morgan fingerprint density at radius 1 is 1.31 bits per heavy atom. The molecule has 0 amide bonds. The van der Waals surface area contributed by atoms with E-state index in [9.17, 15) is 0 Å². The van der Waals surface area contributed by atoms with Gasteiger partial charge in [0.1, 0.15) is 5.75 Å². The fraction of sp³-hybridized carbons (Fsp3) is 0.571. The van der Waals surface area contributed by atoms with Crippen molar-refractivity contribution in [3.8, 4) is 5.75 Å². The van der Waals surface area contributed by atoms with Gasteiger partial charge in [-0.3, -0.25) is 0 Å². The molecule has 0 heterocycles. The molecule has 1 aliphatic rings. The Morgan fingerprint density at radius 3 is 2.75 bits per heavy atom. The van der Waals surface area contributed by atoms with Gasteiger partial charge in [0.05, 0.1) is 12.5 Å². The van der Waals surface area contributed by atoms with Gasteiger partial charge in [0.25, 0.3) is 0 Å². The molecule has 1 aliphatic carbocycles. The van der Waals surface area contributed by atoms with Gasteiger partial charge >= 0.3 is 0 Å². The van der Waals surface area contributed by atoms with E-state index in [1.165, 1.54) is 17.5 Å². The van der Waals surface area contributed by atoms with Crippen LogP contribution in [0.2, 0.25) is 0 Å². The third kappa shape index (κ3) is 2.06. The Bertz CT molecular complexity index is 375. The fourth-order valence-electron chi connectivity index (χ4n) is 2.40. The second-order valence-electron chi connectivity index (χ2n) is 4.84. The molecule has 0 spiro atoms. The number of alkyl halides is 1. The van der Waals surface area contributed by atoms with Crippen LogP contribution in [0.15, 0.2) is 18.2 Å². The summed E-state index contributed by atoms with van der Waals surface area (Å²) < 4.78 is 5.27. The minimum absolute atomic E-state index is 0.114. The number of ether oxygens (including phenoxy) is 1. The highest BCUT2D eigenvalue weighted by molar-refractivity contribution is 6.21. The monoisotopic (exact) mass is 238 g/mol. The Morgan fingerprint density at radius 2 is 2.06 bits per heavy atom. The summed E-state index contributed by atoms with van der Waals surface area (Å²) in [4.78, 5) is 0. The zero-order chi connectivity index (χ0) is 11.7. The smallest absolute Gasteiger partial charge is 0.119 e. The first-order chi connectivity index (χ1) is 7.63. The summed E-state index contributed by atoms with van der Waals surface area (Å²) in [5, 5.41) is 0.114. The number of hydrogen-bond acceptors (Lipinski definition) is 1. The fourth-order valence-corrected chi connectivity index (χ4v) is 2.85. The maximum Gasteiger partial charge on any atom is 0.119 e. The van der Waals surface area contributed by atoms with Crippen molar-refractivity contribution in [2.24, 2.45) is 11.8 Å². The number of rotatable bonds is 1. The second kappa shape index (κ2) is 4.67. The highest BCUT2D eigenvalue weighted by Gasteiger charge is 2.27. The van der Waals surface area contributed by atoms with Crippen LogP contribution in [0.1, 0.15) is 36.8 Å². The predicted octanol–water partition coefficient (Wildman–Crippen LogP) is 4.19. The number of aryl methyl sites for hydroxylation is 1. The van der Waals surface area contributed by atoms with Gasteiger partial charge in [-0.2, -0.15) is 0 Å². The van der Waals surface area contributed by atoms with E-state index in [1.54, 1.807) is 7.11 Å². The first-order valence-corrected chi connectivity index (χ1v) is 6.38. The number of methoxy groups -OCH3 is 1. The Balaban J connectivity index is 2.41. The molecule has 0 aliphatic heterocycles. The molecule has 3 atom stereocenters. The molecule has 2 rings (SSSR count). The summed E-state index contributed by atoms with van der Waals surface area (Å²) >= 11 is 6.57. The van der Waals surface area contributed by atoms with Gasteiger partial charge in [0, 0.05) is 0 Å². The average Bonchev–Trinajstić information content (AvgIpc) is 2.42. The van der Waals surface area contributed by atoms with Gasteiger partial charge in [0.15, 0.2) is 0 Å². The number of benzene rings is 1. The van der Waals surface area contributed by atoms with Crippen molar-refractivity contribution in [1.29, 1.82) is 0 Å². The van der Waals surface area contributed by atoms with Crippen LogP contribution in [0.25, 0.3) is 0 Å². The van der Waals surface area contributed by atoms with Crippen LogP contribution in [-0.4, -0.2) is 7.11 Å². The van der Waals surface area contributed by atoms with E-state index in [0.717, 1.165) is 12.2 Å². The molecule has 0 bridgehead atoms. The molecule has 0 saturated carbocycles. The maximum atomic E-state index is 6.57. The van der Waals surface area contributed by atoms with E-state index in [1.807, 2.05) is 6.07 Å². The summed E-state index contributed by atoms with van der Waals surface area (Å²) in [6.45, 7) is 4.54. The van der Waals surface area contributed by atoms with Crippen LogP contribution in [0.3, 0.4) is 0 Å². The number of fused-ring (bicyclic) bond motifs is 1. The minimum atomic E-state index is 0.114. The second-order valence-corrected chi connectivity index (χ2v) is 5.31. The molecule has 0 saturated heterocycles. The van der Waals surface area contributed by atoms with Crippen molar-refractivity contribution < 1.29 is 4.74 Å². The first-order valence-electron chi connectivity index (χ1n) is 5.94. The maximum absolute atomic E-state index is 6.57. The van der Waals surface area contributed by atoms with Gasteiger partial charge in [-0.25, -0.2) is 0 Å². The lowest BCUT2D eigenvalue weighted by Crippen LogP contribution is -2.11. The summed E-state index contributed by atoms with van der Waals surface area (Å²) in [6.07, 6.45) is 2.36. The molecule has 2 heteroatoms. The first kappa shape index (κ1) is 11.8. The van der Waals surface area contributed by atoms with Crippen molar-refractivity contribution >= 4 is 11.6 Å². The summed E-state index contributed by atoms with van der Waals surface area (Å²) in [6, 6.07) is 6.29. The Kier molecular flexibility index (Phi) is 3.44. The predicted molar refractivity (Wildman–Crippen MR) is 68.2 cm³/mol. The number of hydrogen-bond donors (Lipinski definition) is 0. The van der Waals surface area contributed by atoms with Crippen LogP contribution >= 0.6 is 11.6 Å². The molecular formula is C14H19ClO. The van der Waals surface area contributed by atoms with Crippen LogP contribution in [0.4, 0.5) is 0 Å². The normalized spacial score (nSPS) is 29.4. The molecule has 0 N–H and O–H groups in total. The zero-order valence-corrected chi connectivity index (χ0v) is 10.9. The average molecular weight is 239 g/mol. The highest BCUT2D eigenvalue weighted by atomic mass is 35.5. The van der Waals surface area contributed by atoms with Crippen LogP contribution in [-0.2, 0) is 6.42 Å². The summed E-state index contributed by atoms with van der Waals surface area (Å²) in [5.41, 5.74) is 2.65. The van der Waals surface area contributed by atoms with Crippen LogP contribution in [0, 0.1) is 11.8 Å². The lowest BCUT2D eigenvalue weighted by atomic mass is 9.90. The van der Waals surface area contributed by atoms with E-state index >= 15 is 0 Å². The van der Waals surface area contributed by atoms with Crippen molar-refractivity contribution in [2.45, 2.75) is 32.1 Å². The third-order valence-corrected chi connectivity index (χ3v) is 4.51. The standard InChI is InChI=1S/C14H19ClO/c1-9-4-5-11-6-7-12(16-3)8-13(11)14(15)10(9)2/h6-10,14H,4-5H2,1-3H3. The summed E-state index contributed by atoms with van der Waals surface area (Å²) in [5.74, 6) is 2.11. The molecule has 0 aromatic heterocycles. The summed E-state index contributed by atoms with van der Waals surface area (Å²) in [7, 11) is 1.70. The molecule has 1 aromatic carbocycles. The van der Waals surface area contributed by atoms with E-state index in [2.05, 4.69) is 26.0 Å². The molecule has 1 aromatic rings. The van der Waals surface area contributed by atoms with Gasteiger partial charge in [0.2, 0.25) is 0 Å². The van der Waals surface area contributed by atoms with E-state index in [4.69, 9.17) is 16.3 Å². The van der Waals surface area contributed by atoms with Crippen molar-refractivity contribution in [2.75, 3.05) is 7.11 Å². The lowest BCUT2D eigenvalue weighted by molar-refractivity contribution is 0.366. The Hall–Kier alpha value is -0.690. The molecule has 16 heavy (non-hydrogen) atoms. The topological polar surface area (TPSA) is 9.23 Å². The van der Waals surface area contributed by atoms with Crippen LogP contribution in [0.5, 0.6) is 5.75 Å². The third-order valence-electron chi connectivity index (χ3n) is 3.88. The molecule has 3 unspecified atom stereocenters. The molecule has 88 valence electrons. The van der Waals surface area contributed by atoms with Crippen molar-refractivity contribution in [3.63, 3.8) is 0 Å². The molecular weight excluding hydrogens is 220 g/mol. The molecule has 1 nitrogen and oxygen atoms in total. The molecule has 0 fully saturated rings. The van der Waals surface area contributed by atoms with E-state index in [0.29, 0.717) is 11.8 Å². The van der Waals surface area contributed by atoms with Crippen molar-refractivity contribution in [1.82, 2.24) is 0 Å². The minimum Gasteiger partial charge on any atom is -0.497 e. The van der Waals surface area contributed by atoms with E-state index in [-0.39, 0.29) is 5.38 Å². The van der Waals surface area contributed by atoms with Crippen LogP contribution < -0.4 is 4.74 Å². The largest absolute Gasteiger partial charge is 0.497 e. The van der Waals surface area contributed by atoms with E-state index < -0.39 is 0 Å². The van der Waals surface area contributed by atoms with Gasteiger partial charge in [-0.1, -0.05) is 19.9 Å². The lowest BCUT2D eigenvalue weighted by Gasteiger charge is -2.22. The zero-order valence-electron chi connectivity index (χ0n) is 10.2.